The summed E-state index contributed by atoms with van der Waals surface area (Å²) in [4.78, 5) is 26.3. The van der Waals surface area contributed by atoms with Crippen molar-refractivity contribution in [2.45, 2.75) is 132 Å². The Hall–Kier alpha value is -2.55. The van der Waals surface area contributed by atoms with Crippen molar-refractivity contribution in [2.75, 3.05) is 0 Å². The Balaban J connectivity index is 1.87. The van der Waals surface area contributed by atoms with Gasteiger partial charge in [0.1, 0.15) is 6.07 Å². The molecule has 6 nitrogen and oxygen atoms in total. The predicted molar refractivity (Wildman–Crippen MR) is 161 cm³/mol. The van der Waals surface area contributed by atoms with E-state index in [0.717, 1.165) is 69.3 Å². The van der Waals surface area contributed by atoms with E-state index in [-0.39, 0.29) is 44.7 Å². The first kappa shape index (κ1) is 31.4. The highest BCUT2D eigenvalue weighted by molar-refractivity contribution is 6.04. The van der Waals surface area contributed by atoms with E-state index in [4.69, 9.17) is 4.42 Å². The van der Waals surface area contributed by atoms with E-state index in [1.807, 2.05) is 32.9 Å². The molecule has 5 atom stereocenters. The molecule has 0 N–H and O–H groups in total. The number of hydrogen-bond acceptors (Lipinski definition) is 6. The molecule has 1 aromatic rings. The van der Waals surface area contributed by atoms with Crippen molar-refractivity contribution in [3.63, 3.8) is 0 Å². The maximum Gasteiger partial charge on any atom is 0.222 e. The van der Waals surface area contributed by atoms with E-state index in [9.17, 15) is 14.9 Å². The maximum atomic E-state index is 13.4. The molecular weight excluding hydrogens is 510 g/mol. The van der Waals surface area contributed by atoms with Crippen LogP contribution >= 0.6 is 0 Å². The van der Waals surface area contributed by atoms with Crippen molar-refractivity contribution >= 4 is 11.6 Å². The number of aryl methyl sites for hydroxylation is 1. The smallest absolute Gasteiger partial charge is 0.222 e. The third kappa shape index (κ3) is 5.28. The lowest BCUT2D eigenvalue weighted by atomic mass is 9.41. The average molecular weight is 562 g/mol. The number of carbonyl (C=O) groups is 2. The number of aromatic nitrogens is 2. The average Bonchev–Trinajstić information content (AvgIpc) is 3.32. The highest BCUT2D eigenvalue weighted by Crippen LogP contribution is 2.68. The molecule has 0 saturated heterocycles. The highest BCUT2D eigenvalue weighted by Gasteiger charge is 2.62. The zero-order valence-electron chi connectivity index (χ0n) is 27.2. The van der Waals surface area contributed by atoms with Gasteiger partial charge in [-0.15, -0.1) is 10.2 Å². The van der Waals surface area contributed by atoms with Crippen LogP contribution in [0.15, 0.2) is 27.7 Å². The fraction of sp³-hybridized carbons (Fsp3) is 0.743. The molecule has 41 heavy (non-hydrogen) atoms. The van der Waals surface area contributed by atoms with Gasteiger partial charge in [-0.05, 0) is 86.5 Å². The minimum Gasteiger partial charge on any atom is -0.425 e. The summed E-state index contributed by atoms with van der Waals surface area (Å²) in [6.45, 7) is 21.4. The minimum atomic E-state index is -0.679. The number of rotatable bonds is 3. The molecule has 0 aliphatic heterocycles. The van der Waals surface area contributed by atoms with Gasteiger partial charge in [0.05, 0.1) is 5.57 Å². The summed E-state index contributed by atoms with van der Waals surface area (Å²) in [5.41, 5.74) is -0.403. The highest BCUT2D eigenvalue weighted by atomic mass is 16.4. The third-order valence-corrected chi connectivity index (χ3v) is 12.0. The number of hydrogen-bond donors (Lipinski definition) is 0. The van der Waals surface area contributed by atoms with Crippen LogP contribution in [0.4, 0.5) is 0 Å². The quantitative estimate of drug-likeness (QED) is 0.344. The third-order valence-electron chi connectivity index (χ3n) is 12.0. The SMILES string of the molecule is CC(=O)/C=C1/[C@@]2(C)C=C(C#N)C(=O)C(C)(C)[C@@H]2CC[C@@]1(C)[C@@]1(C)CCCC(C)(C)CC[C@](C)(c2nnc(C)o2)CC1. The molecule has 0 spiro atoms. The van der Waals surface area contributed by atoms with Crippen molar-refractivity contribution in [1.29, 1.82) is 5.26 Å². The number of carbonyl (C=O) groups excluding carboxylic acids is 2. The van der Waals surface area contributed by atoms with Crippen molar-refractivity contribution < 1.29 is 14.0 Å². The Bertz CT molecular complexity index is 1330. The molecule has 2 saturated carbocycles. The standard InChI is InChI=1S/C35H51N3O3/c1-23(39)20-27-34(9)21-25(22-36)28(40)31(5,6)26(34)12-15-35(27,10)33(8)14-11-13-30(3,4)16-17-32(7,18-19-33)29-38-37-24(2)41-29/h20-21,26H,11-19H2,1-10H3/b27-20-/t26-,32-,33-,34-,35+/m0/s1. The molecule has 0 bridgehead atoms. The van der Waals surface area contributed by atoms with Crippen LogP contribution in [0.2, 0.25) is 0 Å². The van der Waals surface area contributed by atoms with Gasteiger partial charge in [0, 0.05) is 23.2 Å². The zero-order valence-corrected chi connectivity index (χ0v) is 27.2. The molecule has 0 radical (unpaired) electrons. The first-order valence-corrected chi connectivity index (χ1v) is 15.6. The van der Waals surface area contributed by atoms with E-state index in [0.29, 0.717) is 5.89 Å². The normalized spacial score (nSPS) is 38.5. The first-order valence-electron chi connectivity index (χ1n) is 15.6. The van der Waals surface area contributed by atoms with Gasteiger partial charge in [-0.1, -0.05) is 73.5 Å². The zero-order chi connectivity index (χ0) is 30.6. The van der Waals surface area contributed by atoms with Gasteiger partial charge in [0.15, 0.2) is 11.6 Å². The number of allylic oxidation sites excluding steroid dienone is 4. The second-order valence-electron chi connectivity index (χ2n) is 15.9. The van der Waals surface area contributed by atoms with Crippen LogP contribution < -0.4 is 0 Å². The number of nitriles is 1. The van der Waals surface area contributed by atoms with Gasteiger partial charge in [-0.2, -0.15) is 5.26 Å². The van der Waals surface area contributed by atoms with E-state index in [2.05, 4.69) is 57.8 Å². The molecule has 3 aliphatic carbocycles. The van der Waals surface area contributed by atoms with Gasteiger partial charge in [0.25, 0.3) is 0 Å². The van der Waals surface area contributed by atoms with E-state index < -0.39 is 10.8 Å². The molecule has 3 aliphatic rings. The maximum absolute atomic E-state index is 13.4. The molecule has 4 rings (SSSR count). The molecule has 224 valence electrons. The Morgan fingerprint density at radius 2 is 1.63 bits per heavy atom. The van der Waals surface area contributed by atoms with Crippen molar-refractivity contribution in [2.24, 2.45) is 33.0 Å². The molecular formula is C35H51N3O3. The molecule has 2 fully saturated rings. The summed E-state index contributed by atoms with van der Waals surface area (Å²) in [6, 6.07) is 2.21. The molecule has 0 unspecified atom stereocenters. The van der Waals surface area contributed by atoms with Crippen molar-refractivity contribution in [3.05, 3.63) is 35.1 Å². The van der Waals surface area contributed by atoms with Crippen LogP contribution in [0, 0.1) is 51.2 Å². The molecule has 1 heterocycles. The van der Waals surface area contributed by atoms with Crippen LogP contribution in [0.3, 0.4) is 0 Å². The van der Waals surface area contributed by atoms with Crippen LogP contribution in [-0.2, 0) is 15.0 Å². The lowest BCUT2D eigenvalue weighted by molar-refractivity contribution is -0.131. The first-order chi connectivity index (χ1) is 18.8. The summed E-state index contributed by atoms with van der Waals surface area (Å²) in [6.07, 6.45) is 12.8. The second kappa shape index (κ2) is 10.3. The number of ketones is 2. The fourth-order valence-electron chi connectivity index (χ4n) is 8.84. The van der Waals surface area contributed by atoms with E-state index in [1.165, 1.54) is 0 Å². The summed E-state index contributed by atoms with van der Waals surface area (Å²) in [5, 5.41) is 18.7. The number of Topliss-reactive ketones (excluding diaryl/α,β-unsaturated/α-hetero) is 1. The Labute approximate surface area is 247 Å². The summed E-state index contributed by atoms with van der Waals surface area (Å²) in [7, 11) is 0. The van der Waals surface area contributed by atoms with Crippen molar-refractivity contribution in [1.82, 2.24) is 10.2 Å². The Kier molecular flexibility index (Phi) is 7.90. The predicted octanol–water partition coefficient (Wildman–Crippen LogP) is 8.41. The molecule has 1 aromatic heterocycles. The van der Waals surface area contributed by atoms with Gasteiger partial charge < -0.3 is 4.42 Å². The van der Waals surface area contributed by atoms with Crippen LogP contribution in [-0.4, -0.2) is 21.8 Å². The fourth-order valence-corrected chi connectivity index (χ4v) is 8.84. The lowest BCUT2D eigenvalue weighted by Crippen LogP contribution is -2.56. The van der Waals surface area contributed by atoms with Gasteiger partial charge >= 0.3 is 0 Å². The van der Waals surface area contributed by atoms with Gasteiger partial charge in [-0.3, -0.25) is 9.59 Å². The Morgan fingerprint density at radius 1 is 0.976 bits per heavy atom. The topological polar surface area (TPSA) is 96.8 Å². The van der Waals surface area contributed by atoms with Crippen LogP contribution in [0.25, 0.3) is 0 Å². The Morgan fingerprint density at radius 3 is 2.22 bits per heavy atom. The van der Waals surface area contributed by atoms with Crippen LogP contribution in [0.5, 0.6) is 0 Å². The molecule has 0 aromatic carbocycles. The van der Waals surface area contributed by atoms with Gasteiger partial charge in [-0.25, -0.2) is 0 Å². The largest absolute Gasteiger partial charge is 0.425 e. The number of nitrogens with zero attached hydrogens (tertiary/aromatic N) is 3. The summed E-state index contributed by atoms with van der Waals surface area (Å²) in [5.74, 6) is 1.28. The second-order valence-corrected chi connectivity index (χ2v) is 15.9. The minimum absolute atomic E-state index is 0.0190. The van der Waals surface area contributed by atoms with E-state index >= 15 is 0 Å². The van der Waals surface area contributed by atoms with Crippen LogP contribution in [0.1, 0.15) is 132 Å². The molecule has 6 heteroatoms. The van der Waals surface area contributed by atoms with Gasteiger partial charge in [0.2, 0.25) is 11.8 Å². The lowest BCUT2D eigenvalue weighted by Gasteiger charge is -2.62. The summed E-state index contributed by atoms with van der Waals surface area (Å²) < 4.78 is 6.07. The molecule has 0 amide bonds. The van der Waals surface area contributed by atoms with Crippen molar-refractivity contribution in [3.8, 4) is 6.07 Å². The monoisotopic (exact) mass is 561 g/mol. The number of fused-ring (bicyclic) bond motifs is 1. The summed E-state index contributed by atoms with van der Waals surface area (Å²) >= 11 is 0. The van der Waals surface area contributed by atoms with E-state index in [1.54, 1.807) is 6.92 Å².